The minimum Gasteiger partial charge on any atom is -0.493 e. The number of benzene rings is 1. The van der Waals surface area contributed by atoms with Gasteiger partial charge in [0.2, 0.25) is 0 Å². The average Bonchev–Trinajstić information content (AvgIpc) is 2.35. The normalized spacial score (nSPS) is 10.6. The average molecular weight is 290 g/mol. The Morgan fingerprint density at radius 3 is 2.00 bits per heavy atom. The Morgan fingerprint density at radius 1 is 1.05 bits per heavy atom. The van der Waals surface area contributed by atoms with Gasteiger partial charge in [0.15, 0.2) is 11.5 Å². The first kappa shape index (κ1) is 15.4. The number of fused-ring (bicyclic) bond motifs is 1. The number of ether oxygens (including phenoxy) is 2. The zero-order valence-electron chi connectivity index (χ0n) is 10.2. The van der Waals surface area contributed by atoms with E-state index in [4.69, 9.17) is 28.1 Å². The first-order valence-electron chi connectivity index (χ1n) is 4.94. The van der Waals surface area contributed by atoms with E-state index in [2.05, 4.69) is 4.98 Å². The summed E-state index contributed by atoms with van der Waals surface area (Å²) < 4.78 is 43.1. The first-order valence-corrected chi connectivity index (χ1v) is 6.20. The molecule has 19 heavy (non-hydrogen) atoms. The summed E-state index contributed by atoms with van der Waals surface area (Å²) in [5, 5.41) is 2.14. The van der Waals surface area contributed by atoms with Crippen LogP contribution in [0, 0.1) is 10.2 Å². The van der Waals surface area contributed by atoms with Gasteiger partial charge in [-0.15, -0.1) is 0 Å². The van der Waals surface area contributed by atoms with E-state index in [0.29, 0.717) is 0 Å². The van der Waals surface area contributed by atoms with Gasteiger partial charge in [0, 0.05) is 17.8 Å². The van der Waals surface area contributed by atoms with Crippen molar-refractivity contribution in [3.8, 4) is 11.5 Å². The van der Waals surface area contributed by atoms with Crippen LogP contribution >= 0.6 is 0 Å². The largest absolute Gasteiger partial charge is 0.493 e. The van der Waals surface area contributed by atoms with Crippen molar-refractivity contribution in [3.63, 3.8) is 0 Å². The Balaban J connectivity index is 0.000000312. The van der Waals surface area contributed by atoms with E-state index >= 15 is 0 Å². The van der Waals surface area contributed by atoms with Crippen molar-refractivity contribution in [1.82, 2.24) is 4.98 Å². The molecular weight excluding hydrogens is 278 g/mol. The molecule has 0 aliphatic heterocycles. The lowest BCUT2D eigenvalue weighted by Gasteiger charge is -2.08. The molecule has 2 rings (SSSR count). The fourth-order valence-electron chi connectivity index (χ4n) is 1.41. The van der Waals surface area contributed by atoms with Gasteiger partial charge in [-0.2, -0.15) is 14.0 Å². The van der Waals surface area contributed by atoms with Crippen LogP contribution in [-0.2, 0) is 0 Å². The molecule has 0 aliphatic carbocycles. The van der Waals surface area contributed by atoms with Crippen LogP contribution in [0.25, 0.3) is 10.8 Å². The van der Waals surface area contributed by atoms with Crippen LogP contribution in [0.15, 0.2) is 30.6 Å². The molecule has 1 heterocycles. The molecule has 0 fully saturated rings. The molecule has 0 saturated carbocycles. The van der Waals surface area contributed by atoms with Crippen LogP contribution < -0.4 is 23.5 Å². The summed E-state index contributed by atoms with van der Waals surface area (Å²) in [4.78, 5) is 4.05. The van der Waals surface area contributed by atoms with Gasteiger partial charge in [-0.05, 0) is 23.6 Å². The molecule has 1 aromatic carbocycles. The second-order valence-corrected chi connectivity index (χ2v) is 4.12. The summed E-state index contributed by atoms with van der Waals surface area (Å²) in [6.45, 7) is 0. The molecule has 8 heteroatoms. The summed E-state index contributed by atoms with van der Waals surface area (Å²) in [7, 11) is -1.44. The Hall–Kier alpha value is -1.64. The number of rotatable bonds is 2. The maximum atomic E-state index is 8.60. The van der Waals surface area contributed by atoms with E-state index in [9.17, 15) is 0 Å². The highest BCUT2D eigenvalue weighted by atomic mass is 35.7. The van der Waals surface area contributed by atoms with Crippen molar-refractivity contribution in [1.29, 1.82) is 0 Å². The standard InChI is InChI=1S/C11H11NO2.ClHO4/c1-13-10-5-8-3-4-12-7-9(8)6-11(10)14-2;2-1(3,4)5/h3-7H,1-2H3;(H,2,3,4,5). The molecule has 104 valence electrons. The molecule has 7 nitrogen and oxygen atoms in total. The van der Waals surface area contributed by atoms with Crippen LogP contribution in [0.1, 0.15) is 0 Å². The minimum absolute atomic E-state index is 0.730. The lowest BCUT2D eigenvalue weighted by Crippen LogP contribution is -2.58. The van der Waals surface area contributed by atoms with Gasteiger partial charge >= 0.3 is 0 Å². The Kier molecular flexibility index (Phi) is 5.28. The Morgan fingerprint density at radius 2 is 1.53 bits per heavy atom. The first-order chi connectivity index (χ1) is 8.85. The van der Waals surface area contributed by atoms with Crippen LogP contribution in [0.5, 0.6) is 11.5 Å². The summed E-state index contributed by atoms with van der Waals surface area (Å²) in [6.07, 6.45) is 3.56. The molecule has 0 saturated heterocycles. The van der Waals surface area contributed by atoms with E-state index in [1.54, 1.807) is 26.6 Å². The second-order valence-electron chi connectivity index (χ2n) is 3.33. The molecule has 0 aliphatic rings. The summed E-state index contributed by atoms with van der Waals surface area (Å²) >= 11 is 0. The lowest BCUT2D eigenvalue weighted by molar-refractivity contribution is -1.92. The van der Waals surface area contributed by atoms with Crippen LogP contribution in [0.2, 0.25) is 0 Å². The zero-order valence-corrected chi connectivity index (χ0v) is 11.0. The monoisotopic (exact) mass is 289 g/mol. The quantitative estimate of drug-likeness (QED) is 0.687. The maximum Gasteiger partial charge on any atom is 0.161 e. The number of nitrogens with zero attached hydrogens (tertiary/aromatic N) is 1. The SMILES string of the molecule is COc1cc2ccncc2cc1OC.[O-][Cl+3]([O-])([O-])O. The smallest absolute Gasteiger partial charge is 0.161 e. The van der Waals surface area contributed by atoms with Crippen LogP contribution in [-0.4, -0.2) is 23.9 Å². The summed E-state index contributed by atoms with van der Waals surface area (Å²) in [6, 6.07) is 5.80. The zero-order chi connectivity index (χ0) is 14.5. The molecule has 0 spiro atoms. The van der Waals surface area contributed by atoms with Gasteiger partial charge in [-0.25, -0.2) is 0 Å². The fraction of sp³-hybridized carbons (Fsp3) is 0.182. The Bertz CT molecular complexity index is 494. The number of methoxy groups -OCH3 is 2. The topological polar surface area (TPSA) is 121 Å². The highest BCUT2D eigenvalue weighted by Crippen LogP contribution is 2.31. The third-order valence-corrected chi connectivity index (χ3v) is 2.14. The molecule has 2 aromatic rings. The molecule has 1 N–H and O–H groups in total. The van der Waals surface area contributed by atoms with Crippen molar-refractivity contribution in [2.24, 2.45) is 0 Å². The molecule has 1 aromatic heterocycles. The predicted octanol–water partition coefficient (Wildman–Crippen LogP) is -1.87. The molecule has 0 radical (unpaired) electrons. The minimum atomic E-state index is -4.69. The van der Waals surface area contributed by atoms with Crippen molar-refractivity contribution in [2.45, 2.75) is 0 Å². The highest BCUT2D eigenvalue weighted by Gasteiger charge is 2.04. The van der Waals surface area contributed by atoms with E-state index in [1.807, 2.05) is 18.2 Å². The van der Waals surface area contributed by atoms with Gasteiger partial charge in [-0.1, -0.05) is 0 Å². The number of pyridine rings is 1. The molecular formula is C11H12ClNO6. The Labute approximate surface area is 111 Å². The van der Waals surface area contributed by atoms with Gasteiger partial charge in [-0.3, -0.25) is 4.98 Å². The van der Waals surface area contributed by atoms with E-state index in [0.717, 1.165) is 22.3 Å². The van der Waals surface area contributed by atoms with Crippen molar-refractivity contribution < 1.29 is 38.4 Å². The fourth-order valence-corrected chi connectivity index (χ4v) is 1.41. The van der Waals surface area contributed by atoms with Gasteiger partial charge in [0.05, 0.1) is 29.1 Å². The molecule has 0 amide bonds. The van der Waals surface area contributed by atoms with Crippen molar-refractivity contribution in [3.05, 3.63) is 30.6 Å². The van der Waals surface area contributed by atoms with E-state index in [-0.39, 0.29) is 0 Å². The molecule has 0 atom stereocenters. The predicted molar refractivity (Wildman–Crippen MR) is 57.1 cm³/mol. The van der Waals surface area contributed by atoms with E-state index < -0.39 is 10.2 Å². The number of hydrogen-bond donors (Lipinski definition) is 1. The second kappa shape index (κ2) is 6.50. The summed E-state index contributed by atoms with van der Waals surface area (Å²) in [5.41, 5.74) is 0. The third kappa shape index (κ3) is 5.25. The van der Waals surface area contributed by atoms with Gasteiger partial charge in [0.25, 0.3) is 0 Å². The van der Waals surface area contributed by atoms with E-state index in [1.165, 1.54) is 0 Å². The van der Waals surface area contributed by atoms with Crippen LogP contribution in [0.3, 0.4) is 0 Å². The molecule has 0 unspecified atom stereocenters. The highest BCUT2D eigenvalue weighted by molar-refractivity contribution is 5.85. The maximum absolute atomic E-state index is 8.60. The van der Waals surface area contributed by atoms with Gasteiger partial charge < -0.3 is 9.47 Å². The summed E-state index contributed by atoms with van der Waals surface area (Å²) in [5.74, 6) is 1.47. The number of halogens is 1. The van der Waals surface area contributed by atoms with Crippen molar-refractivity contribution >= 4 is 10.8 Å². The van der Waals surface area contributed by atoms with Crippen molar-refractivity contribution in [2.75, 3.05) is 14.2 Å². The number of aromatic nitrogens is 1. The number of hydrogen-bond acceptors (Lipinski definition) is 7. The van der Waals surface area contributed by atoms with Crippen LogP contribution in [0.4, 0.5) is 0 Å². The van der Waals surface area contributed by atoms with Gasteiger partial charge in [0.1, 0.15) is 0 Å². The lowest BCUT2D eigenvalue weighted by atomic mass is 10.1. The molecule has 0 bridgehead atoms. The third-order valence-electron chi connectivity index (χ3n) is 2.14.